The van der Waals surface area contributed by atoms with Crippen LogP contribution < -0.4 is 5.73 Å². The van der Waals surface area contributed by atoms with Gasteiger partial charge in [-0.15, -0.1) is 0 Å². The number of methoxy groups -OCH3 is 1. The average Bonchev–Trinajstić information content (AvgIpc) is 3.08. The van der Waals surface area contributed by atoms with Crippen molar-refractivity contribution in [1.82, 2.24) is 14.7 Å². The Morgan fingerprint density at radius 2 is 1.83 bits per heavy atom. The van der Waals surface area contributed by atoms with Gasteiger partial charge in [-0.3, -0.25) is 24.7 Å². The highest BCUT2D eigenvalue weighted by Gasteiger charge is 2.32. The van der Waals surface area contributed by atoms with Crippen molar-refractivity contribution < 1.29 is 23.5 Å². The van der Waals surface area contributed by atoms with Crippen LogP contribution in [0.4, 0.5) is 4.39 Å². The topological polar surface area (TPSA) is 132 Å². The molecular formula is C24H29FN6O4. The lowest BCUT2D eigenvalue weighted by molar-refractivity contribution is -0.141. The van der Waals surface area contributed by atoms with E-state index in [0.29, 0.717) is 32.6 Å². The summed E-state index contributed by atoms with van der Waals surface area (Å²) in [5, 5.41) is 8.17. The minimum absolute atomic E-state index is 0.0790. The summed E-state index contributed by atoms with van der Waals surface area (Å²) in [5.74, 6) is -2.50. The van der Waals surface area contributed by atoms with E-state index < -0.39 is 23.3 Å². The second-order valence-electron chi connectivity index (χ2n) is 8.43. The summed E-state index contributed by atoms with van der Waals surface area (Å²) < 4.78 is 18.5. The third-order valence-electron chi connectivity index (χ3n) is 5.71. The first-order valence-electron chi connectivity index (χ1n) is 11.1. The zero-order valence-corrected chi connectivity index (χ0v) is 20.0. The molecule has 35 heavy (non-hydrogen) atoms. The van der Waals surface area contributed by atoms with Crippen LogP contribution in [0.3, 0.4) is 0 Å². The fourth-order valence-corrected chi connectivity index (χ4v) is 3.76. The molecule has 0 aliphatic carbocycles. The Morgan fingerprint density at radius 3 is 2.46 bits per heavy atom. The summed E-state index contributed by atoms with van der Waals surface area (Å²) in [6.07, 6.45) is 1.97. The number of rotatable bonds is 6. The number of carbonyl (C=O) groups excluding carboxylic acids is 3. The minimum Gasteiger partial charge on any atom is -0.494 e. The third-order valence-corrected chi connectivity index (χ3v) is 5.71. The van der Waals surface area contributed by atoms with Crippen LogP contribution in [-0.2, 0) is 25.7 Å². The molecule has 2 amide bonds. The Bertz CT molecular complexity index is 1120. The zero-order valence-electron chi connectivity index (χ0n) is 20.0. The molecular weight excluding hydrogens is 455 g/mol. The van der Waals surface area contributed by atoms with Gasteiger partial charge in [-0.2, -0.15) is 0 Å². The van der Waals surface area contributed by atoms with Crippen molar-refractivity contribution in [2.24, 2.45) is 10.7 Å². The van der Waals surface area contributed by atoms with Gasteiger partial charge in [0.05, 0.1) is 12.8 Å². The summed E-state index contributed by atoms with van der Waals surface area (Å²) >= 11 is 0. The van der Waals surface area contributed by atoms with E-state index in [4.69, 9.17) is 15.9 Å². The van der Waals surface area contributed by atoms with Gasteiger partial charge in [0.15, 0.2) is 11.5 Å². The SMILES string of the molecule is COC1=CC(=N)/C(=C(\N)C(=O)C(=O)N(C)C)N=C1C(=O)N1CCCN(Cc2ccc(F)cc2)CC1. The number of allylic oxidation sites excluding steroid dienone is 1. The van der Waals surface area contributed by atoms with Gasteiger partial charge in [0.25, 0.3) is 17.6 Å². The van der Waals surface area contributed by atoms with E-state index in [0.717, 1.165) is 17.0 Å². The van der Waals surface area contributed by atoms with Crippen molar-refractivity contribution in [1.29, 1.82) is 5.41 Å². The first kappa shape index (κ1) is 25.8. The van der Waals surface area contributed by atoms with Crippen molar-refractivity contribution in [2.75, 3.05) is 47.4 Å². The van der Waals surface area contributed by atoms with Gasteiger partial charge in [0.1, 0.15) is 17.2 Å². The second-order valence-corrected chi connectivity index (χ2v) is 8.43. The number of ketones is 1. The molecule has 11 heteroatoms. The molecule has 3 N–H and O–H groups in total. The summed E-state index contributed by atoms with van der Waals surface area (Å²) in [4.78, 5) is 46.9. The number of nitrogens with one attached hydrogen (secondary N) is 1. The van der Waals surface area contributed by atoms with Crippen LogP contribution in [0.15, 0.2) is 52.5 Å². The molecule has 0 bridgehead atoms. The number of carbonyl (C=O) groups is 3. The first-order chi connectivity index (χ1) is 16.6. The molecule has 0 atom stereocenters. The molecule has 1 aromatic rings. The van der Waals surface area contributed by atoms with E-state index in [1.54, 1.807) is 17.0 Å². The van der Waals surface area contributed by atoms with E-state index in [9.17, 15) is 18.8 Å². The van der Waals surface area contributed by atoms with Crippen molar-refractivity contribution >= 4 is 29.0 Å². The molecule has 0 radical (unpaired) electrons. The number of Topliss-reactive ketones (excluding diaryl/α,β-unsaturated/α-hetero) is 1. The number of hydrogen-bond acceptors (Lipinski definition) is 8. The van der Waals surface area contributed by atoms with Crippen molar-refractivity contribution in [3.63, 3.8) is 0 Å². The highest BCUT2D eigenvalue weighted by molar-refractivity contribution is 6.48. The highest BCUT2D eigenvalue weighted by atomic mass is 19.1. The Labute approximate surface area is 203 Å². The van der Waals surface area contributed by atoms with Gasteiger partial charge in [-0.25, -0.2) is 9.38 Å². The summed E-state index contributed by atoms with van der Waals surface area (Å²) in [7, 11) is 4.17. The van der Waals surface area contributed by atoms with Gasteiger partial charge in [0.2, 0.25) is 0 Å². The summed E-state index contributed by atoms with van der Waals surface area (Å²) in [5.41, 5.74) is 5.78. The number of ether oxygens (including phenoxy) is 1. The van der Waals surface area contributed by atoms with Crippen LogP contribution in [-0.4, -0.2) is 91.1 Å². The molecule has 2 aliphatic heterocycles. The van der Waals surface area contributed by atoms with Crippen LogP contribution in [0.25, 0.3) is 0 Å². The molecule has 186 valence electrons. The zero-order chi connectivity index (χ0) is 25.7. The predicted octanol–water partition coefficient (Wildman–Crippen LogP) is 0.692. The van der Waals surface area contributed by atoms with Crippen LogP contribution in [0.1, 0.15) is 12.0 Å². The molecule has 10 nitrogen and oxygen atoms in total. The molecule has 1 saturated heterocycles. The summed E-state index contributed by atoms with van der Waals surface area (Å²) in [6, 6.07) is 6.33. The Morgan fingerprint density at radius 1 is 1.14 bits per heavy atom. The van der Waals surface area contributed by atoms with Gasteiger partial charge in [0, 0.05) is 52.9 Å². The van der Waals surface area contributed by atoms with Crippen LogP contribution in [0.5, 0.6) is 0 Å². The number of hydrogen-bond donors (Lipinski definition) is 2. The number of likely N-dealkylation sites (N-methyl/N-ethyl adjacent to an activating group) is 1. The monoisotopic (exact) mass is 484 g/mol. The first-order valence-corrected chi connectivity index (χ1v) is 11.1. The third kappa shape index (κ3) is 5.99. The van der Waals surface area contributed by atoms with Gasteiger partial charge in [-0.05, 0) is 24.1 Å². The smallest absolute Gasteiger partial charge is 0.296 e. The maximum atomic E-state index is 13.4. The van der Waals surface area contributed by atoms with Crippen LogP contribution in [0.2, 0.25) is 0 Å². The predicted molar refractivity (Wildman–Crippen MR) is 128 cm³/mol. The van der Waals surface area contributed by atoms with Crippen molar-refractivity contribution in [2.45, 2.75) is 13.0 Å². The Kier molecular flexibility index (Phi) is 8.13. The lowest BCUT2D eigenvalue weighted by Gasteiger charge is -2.24. The van der Waals surface area contributed by atoms with Crippen LogP contribution in [0, 0.1) is 11.2 Å². The molecule has 1 aromatic carbocycles. The number of nitrogens with two attached hydrogens (primary N) is 1. The molecule has 1 fully saturated rings. The van der Waals surface area contributed by atoms with E-state index in [-0.39, 0.29) is 28.7 Å². The minimum atomic E-state index is -1.01. The van der Waals surface area contributed by atoms with Gasteiger partial charge in [-0.1, -0.05) is 12.1 Å². The molecule has 0 saturated carbocycles. The number of aliphatic imine (C=N–C) groups is 1. The number of halogens is 1. The fourth-order valence-electron chi connectivity index (χ4n) is 3.76. The van der Waals surface area contributed by atoms with Gasteiger partial charge < -0.3 is 20.3 Å². The average molecular weight is 485 g/mol. The van der Waals surface area contributed by atoms with Gasteiger partial charge >= 0.3 is 0 Å². The Hall–Kier alpha value is -3.86. The Balaban J connectivity index is 1.79. The quantitative estimate of drug-likeness (QED) is 0.451. The number of dihydropyridines is 1. The number of nitrogens with zero attached hydrogens (tertiary/aromatic N) is 4. The molecule has 0 spiro atoms. The maximum Gasteiger partial charge on any atom is 0.296 e. The summed E-state index contributed by atoms with van der Waals surface area (Å²) in [6.45, 7) is 2.87. The maximum absolute atomic E-state index is 13.4. The largest absolute Gasteiger partial charge is 0.494 e. The number of amides is 2. The normalized spacial score (nSPS) is 18.3. The number of benzene rings is 1. The van der Waals surface area contributed by atoms with E-state index in [1.165, 1.54) is 39.4 Å². The lowest BCUT2D eigenvalue weighted by Crippen LogP contribution is -2.41. The van der Waals surface area contributed by atoms with Crippen molar-refractivity contribution in [3.05, 3.63) is 58.9 Å². The molecule has 0 unspecified atom stereocenters. The van der Waals surface area contributed by atoms with Crippen molar-refractivity contribution in [3.8, 4) is 0 Å². The molecule has 2 aliphatic rings. The lowest BCUT2D eigenvalue weighted by atomic mass is 10.1. The van der Waals surface area contributed by atoms with Crippen LogP contribution >= 0.6 is 0 Å². The van der Waals surface area contributed by atoms with E-state index in [2.05, 4.69) is 9.89 Å². The van der Waals surface area contributed by atoms with E-state index in [1.807, 2.05) is 0 Å². The fraction of sp³-hybridized carbons (Fsp3) is 0.375. The standard InChI is InChI=1S/C24H29FN6O4/c1-29(2)24(34)22(32)19(27)20-17(26)13-18(35-3)21(28-20)23(33)31-10-4-9-30(11-12-31)14-15-5-7-16(25)8-6-15/h5-8,13,26H,4,9-12,14,27H2,1-3H3/b20-19+,26-17?. The second kappa shape index (κ2) is 11.0. The molecule has 2 heterocycles. The highest BCUT2D eigenvalue weighted by Crippen LogP contribution is 2.19. The molecule has 3 rings (SSSR count). The van der Waals surface area contributed by atoms with E-state index >= 15 is 0 Å². The molecule has 0 aromatic heterocycles.